The maximum Gasteiger partial charge on any atom is 0.192 e. The van der Waals surface area contributed by atoms with E-state index in [4.69, 9.17) is 8.85 Å². The van der Waals surface area contributed by atoms with E-state index in [1.54, 1.807) is 0 Å². The Kier molecular flexibility index (Phi) is 7.38. The quantitative estimate of drug-likeness (QED) is 0.391. The number of hydrogen-bond acceptors (Lipinski definition) is 3. The molecule has 0 heterocycles. The molecule has 3 nitrogen and oxygen atoms in total. The molecule has 0 amide bonds. The van der Waals surface area contributed by atoms with Crippen LogP contribution in [0.15, 0.2) is 0 Å². The third-order valence-corrected chi connectivity index (χ3v) is 18.5. The molecule has 2 saturated carbocycles. The van der Waals surface area contributed by atoms with Crippen LogP contribution in [0.2, 0.25) is 36.3 Å². The molecule has 176 valence electrons. The lowest BCUT2D eigenvalue weighted by Crippen LogP contribution is -2.53. The van der Waals surface area contributed by atoms with Gasteiger partial charge in [0.25, 0.3) is 0 Å². The van der Waals surface area contributed by atoms with Gasteiger partial charge >= 0.3 is 0 Å². The van der Waals surface area contributed by atoms with E-state index in [-0.39, 0.29) is 21.6 Å². The predicted molar refractivity (Wildman–Crippen MR) is 133 cm³/mol. The predicted octanol–water partition coefficient (Wildman–Crippen LogP) is 7.43. The number of carbonyl (C=O) groups is 1. The summed E-state index contributed by atoms with van der Waals surface area (Å²) in [5.74, 6) is 1.66. The second-order valence-corrected chi connectivity index (χ2v) is 23.1. The molecule has 0 aromatic carbocycles. The van der Waals surface area contributed by atoms with Crippen LogP contribution in [-0.4, -0.2) is 35.1 Å². The molecule has 0 aromatic heterocycles. The molecule has 0 radical (unpaired) electrons. The van der Waals surface area contributed by atoms with Crippen molar-refractivity contribution in [2.45, 2.75) is 123 Å². The van der Waals surface area contributed by atoms with Gasteiger partial charge in [-0.15, -0.1) is 0 Å². The summed E-state index contributed by atoms with van der Waals surface area (Å²) in [4.78, 5) is 13.3. The van der Waals surface area contributed by atoms with Crippen LogP contribution < -0.4 is 0 Å². The van der Waals surface area contributed by atoms with Crippen LogP contribution in [0.1, 0.15) is 81.1 Å². The van der Waals surface area contributed by atoms with Gasteiger partial charge in [-0.05, 0) is 73.3 Å². The summed E-state index contributed by atoms with van der Waals surface area (Å²) in [6, 6.07) is 0. The van der Waals surface area contributed by atoms with Crippen molar-refractivity contribution in [3.8, 4) is 0 Å². The highest BCUT2D eigenvalue weighted by Gasteiger charge is 2.58. The Morgan fingerprint density at radius 1 is 0.967 bits per heavy atom. The lowest BCUT2D eigenvalue weighted by Gasteiger charge is -2.49. The first kappa shape index (κ1) is 26.3. The fourth-order valence-corrected chi connectivity index (χ4v) is 7.71. The number of rotatable bonds is 6. The lowest BCUT2D eigenvalue weighted by atomic mass is 9.61. The Hall–Kier alpha value is 0.0238. The van der Waals surface area contributed by atoms with Gasteiger partial charge in [-0.3, -0.25) is 4.79 Å². The Balaban J connectivity index is 2.18. The Morgan fingerprint density at radius 2 is 1.50 bits per heavy atom. The highest BCUT2D eigenvalue weighted by atomic mass is 28.4. The van der Waals surface area contributed by atoms with Gasteiger partial charge in [0.05, 0.1) is 0 Å². The number of carbonyl (C=O) groups excluding carboxylic acids is 1. The average Bonchev–Trinajstić information content (AvgIpc) is 2.93. The summed E-state index contributed by atoms with van der Waals surface area (Å²) < 4.78 is 13.5. The highest BCUT2D eigenvalue weighted by Crippen LogP contribution is 2.57. The first-order valence-corrected chi connectivity index (χ1v) is 18.0. The van der Waals surface area contributed by atoms with Gasteiger partial charge < -0.3 is 8.85 Å². The molecule has 5 heteroatoms. The first-order chi connectivity index (χ1) is 13.3. The summed E-state index contributed by atoms with van der Waals surface area (Å²) in [5.41, 5.74) is -0.249. The molecule has 5 atom stereocenters. The zero-order valence-electron chi connectivity index (χ0n) is 22.1. The van der Waals surface area contributed by atoms with Crippen molar-refractivity contribution in [3.63, 3.8) is 0 Å². The first-order valence-electron chi connectivity index (χ1n) is 12.2. The standard InChI is InChI=1S/C25H50O3Si2/c1-18(17-27-29(9,10)23(2,3)4)19-13-14-20-21(15-16-22(26)25(19,20)8)28-30(11,12)24(5,6)7/h18-21H,13-17H2,1-12H3/t18-,19-,20+,21+,25-/m1/s1. The Labute approximate surface area is 189 Å². The zero-order valence-corrected chi connectivity index (χ0v) is 24.1. The second-order valence-electron chi connectivity index (χ2n) is 13.5. The van der Waals surface area contributed by atoms with Gasteiger partial charge in [0.1, 0.15) is 5.78 Å². The van der Waals surface area contributed by atoms with E-state index in [0.717, 1.165) is 25.9 Å². The van der Waals surface area contributed by atoms with Crippen LogP contribution in [0.5, 0.6) is 0 Å². The van der Waals surface area contributed by atoms with E-state index < -0.39 is 16.6 Å². The van der Waals surface area contributed by atoms with E-state index in [0.29, 0.717) is 30.0 Å². The molecular formula is C25H50O3Si2. The van der Waals surface area contributed by atoms with Crippen LogP contribution in [-0.2, 0) is 13.6 Å². The maximum absolute atomic E-state index is 13.3. The van der Waals surface area contributed by atoms with E-state index in [2.05, 4.69) is 81.6 Å². The highest BCUT2D eigenvalue weighted by molar-refractivity contribution is 6.74. The van der Waals surface area contributed by atoms with Crippen molar-refractivity contribution in [3.05, 3.63) is 0 Å². The van der Waals surface area contributed by atoms with E-state index in [9.17, 15) is 4.79 Å². The molecule has 0 bridgehead atoms. The topological polar surface area (TPSA) is 35.5 Å². The molecule has 0 N–H and O–H groups in total. The minimum absolute atomic E-state index is 0.202. The van der Waals surface area contributed by atoms with Crippen molar-refractivity contribution in [2.24, 2.45) is 23.2 Å². The molecular weight excluding hydrogens is 404 g/mol. The third-order valence-electron chi connectivity index (χ3n) is 9.49. The summed E-state index contributed by atoms with van der Waals surface area (Å²) in [5, 5.41) is 0.421. The van der Waals surface area contributed by atoms with Gasteiger partial charge in [0.15, 0.2) is 16.6 Å². The summed E-state index contributed by atoms with van der Waals surface area (Å²) in [6.07, 6.45) is 4.08. The Bertz CT molecular complexity index is 629. The molecule has 0 saturated heterocycles. The van der Waals surface area contributed by atoms with Crippen LogP contribution in [0.25, 0.3) is 0 Å². The van der Waals surface area contributed by atoms with Gasteiger partial charge in [-0.25, -0.2) is 0 Å². The molecule has 0 unspecified atom stereocenters. The van der Waals surface area contributed by atoms with Crippen molar-refractivity contribution >= 4 is 22.4 Å². The summed E-state index contributed by atoms with van der Waals surface area (Å²) >= 11 is 0. The van der Waals surface area contributed by atoms with Gasteiger partial charge in [-0.2, -0.15) is 0 Å². The Morgan fingerprint density at radius 3 is 2.00 bits per heavy atom. The minimum Gasteiger partial charge on any atom is -0.417 e. The smallest absolute Gasteiger partial charge is 0.192 e. The number of hydrogen-bond donors (Lipinski definition) is 0. The molecule has 2 fully saturated rings. The summed E-state index contributed by atoms with van der Waals surface area (Å²) in [7, 11) is -3.62. The third kappa shape index (κ3) is 4.84. The second kappa shape index (κ2) is 8.42. The van der Waals surface area contributed by atoms with Crippen LogP contribution in [0, 0.1) is 23.2 Å². The number of ketones is 1. The van der Waals surface area contributed by atoms with E-state index in [1.807, 2.05) is 0 Å². The minimum atomic E-state index is -1.85. The van der Waals surface area contributed by atoms with Gasteiger partial charge in [-0.1, -0.05) is 55.4 Å². The number of Topliss-reactive ketones (excluding diaryl/α,β-unsaturated/α-hetero) is 1. The fraction of sp³-hybridized carbons (Fsp3) is 0.960. The largest absolute Gasteiger partial charge is 0.417 e. The van der Waals surface area contributed by atoms with Crippen LogP contribution in [0.3, 0.4) is 0 Å². The molecule has 2 rings (SSSR count). The summed E-state index contributed by atoms with van der Waals surface area (Å²) in [6.45, 7) is 28.5. The van der Waals surface area contributed by atoms with Crippen LogP contribution >= 0.6 is 0 Å². The maximum atomic E-state index is 13.3. The molecule has 2 aliphatic carbocycles. The monoisotopic (exact) mass is 454 g/mol. The molecule has 0 aliphatic heterocycles. The molecule has 30 heavy (non-hydrogen) atoms. The normalized spacial score (nSPS) is 32.3. The average molecular weight is 455 g/mol. The lowest BCUT2D eigenvalue weighted by molar-refractivity contribution is -0.142. The fourth-order valence-electron chi connectivity index (χ4n) is 5.21. The van der Waals surface area contributed by atoms with Crippen molar-refractivity contribution < 1.29 is 13.6 Å². The zero-order chi connectivity index (χ0) is 23.3. The van der Waals surface area contributed by atoms with Crippen molar-refractivity contribution in [2.75, 3.05) is 6.61 Å². The van der Waals surface area contributed by atoms with Crippen LogP contribution in [0.4, 0.5) is 0 Å². The SMILES string of the molecule is C[C@H](CO[Si](C)(C)C(C)(C)C)[C@H]1CC[C@H]2[C@@H](O[Si](C)(C)C(C)(C)C)CCC(=O)[C@]12C. The molecule has 2 aliphatic rings. The van der Waals surface area contributed by atoms with Crippen molar-refractivity contribution in [1.29, 1.82) is 0 Å². The van der Waals surface area contributed by atoms with Gasteiger partial charge in [0.2, 0.25) is 0 Å². The van der Waals surface area contributed by atoms with E-state index in [1.165, 1.54) is 0 Å². The van der Waals surface area contributed by atoms with Crippen molar-refractivity contribution in [1.82, 2.24) is 0 Å². The number of fused-ring (bicyclic) bond motifs is 1. The molecule has 0 spiro atoms. The molecule has 0 aromatic rings. The van der Waals surface area contributed by atoms with Gasteiger partial charge in [0, 0.05) is 24.5 Å². The van der Waals surface area contributed by atoms with E-state index >= 15 is 0 Å².